The van der Waals surface area contributed by atoms with Gasteiger partial charge >= 0.3 is 47.0 Å². The van der Waals surface area contributed by atoms with Crippen molar-refractivity contribution in [1.29, 1.82) is 0 Å². The summed E-state index contributed by atoms with van der Waals surface area (Å²) in [6.07, 6.45) is -2.80. The monoisotopic (exact) mass is 730 g/mol. The average molecular weight is 731 g/mol. The maximum Gasteiger partial charge on any atom is 0.460 e. The number of hydrogen-bond donors (Lipinski definition) is 0. The van der Waals surface area contributed by atoms with E-state index in [1.807, 2.05) is 13.8 Å². The summed E-state index contributed by atoms with van der Waals surface area (Å²) in [4.78, 5) is 11.7. The zero-order valence-electron chi connectivity index (χ0n) is 22.9. The van der Waals surface area contributed by atoms with E-state index in [4.69, 9.17) is 0 Å². The molecule has 0 spiro atoms. The lowest BCUT2D eigenvalue weighted by Crippen LogP contribution is -2.75. The lowest BCUT2D eigenvalue weighted by Gasteiger charge is -2.42. The van der Waals surface area contributed by atoms with Gasteiger partial charge in [0.15, 0.2) is 21.7 Å². The zero-order chi connectivity index (χ0) is 36.2. The second-order valence-corrected chi connectivity index (χ2v) is 13.2. The van der Waals surface area contributed by atoms with Crippen LogP contribution in [0.2, 0.25) is 0 Å². The van der Waals surface area contributed by atoms with Gasteiger partial charge in [0.2, 0.25) is 0 Å². The molecule has 23 heteroatoms. The largest absolute Gasteiger partial charge is 0.743 e. The van der Waals surface area contributed by atoms with Crippen molar-refractivity contribution < 1.29 is 92.4 Å². The molecule has 0 fully saturated rings. The number of rotatable bonds is 16. The van der Waals surface area contributed by atoms with Crippen LogP contribution in [0, 0.1) is 5.92 Å². The van der Waals surface area contributed by atoms with Gasteiger partial charge in [-0.25, -0.2) is 8.42 Å². The molecule has 0 unspecified atom stereocenters. The predicted octanol–water partition coefficient (Wildman–Crippen LogP) is 7.93. The number of carbonyl (C=O) groups excluding carboxylic acids is 1. The van der Waals surface area contributed by atoms with Gasteiger partial charge < -0.3 is 4.55 Å². The molecule has 0 amide bonds. The van der Waals surface area contributed by atoms with Gasteiger partial charge in [0.05, 0.1) is 0 Å². The van der Waals surface area contributed by atoms with Crippen molar-refractivity contribution in [2.75, 3.05) is 17.3 Å². The maximum absolute atomic E-state index is 13.0. The van der Waals surface area contributed by atoms with Crippen LogP contribution in [0.5, 0.6) is 0 Å². The van der Waals surface area contributed by atoms with Crippen molar-refractivity contribution in [2.45, 2.75) is 100 Å². The highest BCUT2D eigenvalue weighted by Crippen LogP contribution is 2.64. The highest BCUT2D eigenvalue weighted by atomic mass is 32.2. The number of hydrogen-bond acceptors (Lipinski definition) is 4. The van der Waals surface area contributed by atoms with E-state index in [-0.39, 0.29) is 5.92 Å². The Morgan fingerprint density at radius 1 is 0.614 bits per heavy atom. The molecule has 4 nitrogen and oxygen atoms in total. The SMILES string of the molecule is CCCC[S+](CCCC)CC(=O)C(C)C.O=S(=O)([O-])C(F)(F)C(F)(F)C(F)(F)C(F)(F)C(F)(F)C(F)(F)C(F)(F)C(F)(F)F. The van der Waals surface area contributed by atoms with E-state index in [1.165, 1.54) is 37.2 Å². The zero-order valence-corrected chi connectivity index (χ0v) is 24.5. The van der Waals surface area contributed by atoms with E-state index in [0.29, 0.717) is 16.7 Å². The standard InChI is InChI=1S/C13H27OS.C8HF17O3S/c1-5-7-9-15(10-8-6-2)11-13(14)12(3)4;9-1(10,3(13,14)5(17,18)7(21,22)23)2(11,12)4(15,16)6(19,20)8(24,25)29(26,27)28/h12H,5-11H2,1-4H3;(H,26,27,28)/q+1;/p-1. The van der Waals surface area contributed by atoms with Crippen LogP contribution >= 0.6 is 0 Å². The summed E-state index contributed by atoms with van der Waals surface area (Å²) in [6.45, 7) is 8.49. The average Bonchev–Trinajstić information content (AvgIpc) is 2.83. The Morgan fingerprint density at radius 2 is 0.909 bits per heavy atom. The Morgan fingerprint density at radius 3 is 1.16 bits per heavy atom. The summed E-state index contributed by atoms with van der Waals surface area (Å²) in [5.41, 5.74) is 0. The Hall–Kier alpha value is -1.26. The molecule has 0 aliphatic heterocycles. The molecule has 44 heavy (non-hydrogen) atoms. The van der Waals surface area contributed by atoms with Crippen LogP contribution in [0.15, 0.2) is 0 Å². The fraction of sp³-hybridized carbons (Fsp3) is 0.952. The molecular weight excluding hydrogens is 703 g/mol. The van der Waals surface area contributed by atoms with Crippen molar-refractivity contribution in [1.82, 2.24) is 0 Å². The third-order valence-corrected chi connectivity index (χ3v) is 8.88. The minimum absolute atomic E-state index is 0.225. The van der Waals surface area contributed by atoms with Gasteiger partial charge in [0.25, 0.3) is 0 Å². The summed E-state index contributed by atoms with van der Waals surface area (Å²) < 4.78 is 244. The maximum atomic E-state index is 13.0. The number of ketones is 1. The van der Waals surface area contributed by atoms with Gasteiger partial charge in [-0.3, -0.25) is 4.79 Å². The van der Waals surface area contributed by atoms with E-state index in [2.05, 4.69) is 13.8 Å². The van der Waals surface area contributed by atoms with Gasteiger partial charge in [-0.05, 0) is 23.7 Å². The summed E-state index contributed by atoms with van der Waals surface area (Å²) in [5.74, 6) is -48.1. The molecule has 0 aromatic carbocycles. The van der Waals surface area contributed by atoms with Crippen molar-refractivity contribution in [3.63, 3.8) is 0 Å². The van der Waals surface area contributed by atoms with E-state index in [9.17, 15) is 92.4 Å². The molecule has 0 aromatic heterocycles. The minimum atomic E-state index is -8.92. The number of halogens is 17. The first-order chi connectivity index (χ1) is 19.1. The number of alkyl halides is 17. The Kier molecular flexibility index (Phi) is 14.9. The predicted molar refractivity (Wildman–Crippen MR) is 122 cm³/mol. The number of Topliss-reactive ketones (excluding diaryl/α,β-unsaturated/α-hetero) is 1. The van der Waals surface area contributed by atoms with Gasteiger partial charge in [-0.15, -0.1) is 0 Å². The van der Waals surface area contributed by atoms with Gasteiger partial charge in [-0.2, -0.15) is 74.6 Å². The first kappa shape index (κ1) is 44.9. The fourth-order valence-corrected chi connectivity index (χ4v) is 5.68. The minimum Gasteiger partial charge on any atom is -0.743 e. The number of unbranched alkanes of at least 4 members (excludes halogenated alkanes) is 2. The lowest BCUT2D eigenvalue weighted by atomic mass is 9.91. The molecule has 0 N–H and O–H groups in total. The van der Waals surface area contributed by atoms with Crippen LogP contribution in [0.25, 0.3) is 0 Å². The highest BCUT2D eigenvalue weighted by Gasteiger charge is 2.95. The molecule has 0 aromatic rings. The van der Waals surface area contributed by atoms with Crippen molar-refractivity contribution in [3.05, 3.63) is 0 Å². The smallest absolute Gasteiger partial charge is 0.460 e. The van der Waals surface area contributed by atoms with E-state index in [1.54, 1.807) is 0 Å². The molecule has 0 saturated carbocycles. The molecule has 0 rings (SSSR count). The van der Waals surface area contributed by atoms with Crippen molar-refractivity contribution >= 4 is 26.8 Å². The first-order valence-electron chi connectivity index (χ1n) is 11.9. The van der Waals surface area contributed by atoms with Crippen LogP contribution in [-0.2, 0) is 25.8 Å². The van der Waals surface area contributed by atoms with Crippen LogP contribution in [-0.4, -0.2) is 83.0 Å². The summed E-state index contributed by atoms with van der Waals surface area (Å²) in [6, 6.07) is 0. The Labute approximate surface area is 243 Å². The topological polar surface area (TPSA) is 74.3 Å². The second kappa shape index (κ2) is 14.7. The molecule has 0 aliphatic carbocycles. The second-order valence-electron chi connectivity index (χ2n) is 9.41. The van der Waals surface area contributed by atoms with Crippen LogP contribution in [0.4, 0.5) is 74.6 Å². The normalized spacial score (nSPS) is 15.0. The summed E-state index contributed by atoms with van der Waals surface area (Å²) in [5, 5.41) is -7.95. The van der Waals surface area contributed by atoms with E-state index < -0.39 is 57.1 Å². The molecular formula is C21H27F17O4S2. The molecule has 0 aliphatic rings. The number of carbonyl (C=O) groups is 1. The van der Waals surface area contributed by atoms with E-state index >= 15 is 0 Å². The van der Waals surface area contributed by atoms with E-state index in [0.717, 1.165) is 5.75 Å². The van der Waals surface area contributed by atoms with Gasteiger partial charge in [0, 0.05) is 5.92 Å². The molecule has 0 saturated heterocycles. The fourth-order valence-electron chi connectivity index (χ4n) is 2.62. The molecule has 0 heterocycles. The lowest BCUT2D eigenvalue weighted by molar-refractivity contribution is -0.458. The van der Waals surface area contributed by atoms with Crippen LogP contribution in [0.1, 0.15) is 53.4 Å². The molecule has 266 valence electrons. The quantitative estimate of drug-likeness (QED) is 0.0920. The van der Waals surface area contributed by atoms with Gasteiger partial charge in [0.1, 0.15) is 11.5 Å². The third-order valence-electron chi connectivity index (χ3n) is 5.57. The summed E-state index contributed by atoms with van der Waals surface area (Å²) >= 11 is 0. The molecule has 0 radical (unpaired) electrons. The Bertz CT molecular complexity index is 1030. The Balaban J connectivity index is 0. The van der Waals surface area contributed by atoms with Crippen LogP contribution in [0.3, 0.4) is 0 Å². The third kappa shape index (κ3) is 8.55. The first-order valence-corrected chi connectivity index (χ1v) is 15.1. The van der Waals surface area contributed by atoms with Crippen molar-refractivity contribution in [2.24, 2.45) is 5.92 Å². The molecule has 0 bridgehead atoms. The highest BCUT2D eigenvalue weighted by molar-refractivity contribution is 7.97. The van der Waals surface area contributed by atoms with Crippen LogP contribution < -0.4 is 0 Å². The molecule has 0 atom stereocenters. The van der Waals surface area contributed by atoms with Gasteiger partial charge in [-0.1, -0.05) is 40.5 Å². The van der Waals surface area contributed by atoms with Crippen molar-refractivity contribution in [3.8, 4) is 0 Å². The summed E-state index contributed by atoms with van der Waals surface area (Å²) in [7, 11) is -7.77.